The van der Waals surface area contributed by atoms with Gasteiger partial charge in [0.1, 0.15) is 23.6 Å². The van der Waals surface area contributed by atoms with Crippen LogP contribution in [0.1, 0.15) is 25.1 Å². The topological polar surface area (TPSA) is 153 Å². The standard InChI is InChI=1S/C20H25N5O4/c1-3-23-17(18(27)25-20(2,12-26)19(22)28)15-10-14(7-8-16(15)21)29-11-13-6-4-5-9-24-13/h4-10,26H,3,11-12,21H2,1-2H3,(H2,22,28)(H,25,27). The van der Waals surface area contributed by atoms with Gasteiger partial charge in [0.2, 0.25) is 5.91 Å². The number of rotatable bonds is 9. The van der Waals surface area contributed by atoms with Gasteiger partial charge in [-0.3, -0.25) is 19.6 Å². The molecule has 1 aromatic carbocycles. The van der Waals surface area contributed by atoms with Crippen LogP contribution in [0.3, 0.4) is 0 Å². The molecule has 1 atom stereocenters. The summed E-state index contributed by atoms with van der Waals surface area (Å²) in [5.74, 6) is -1.09. The van der Waals surface area contributed by atoms with Crippen molar-refractivity contribution in [1.82, 2.24) is 10.3 Å². The molecule has 0 saturated heterocycles. The number of hydrogen-bond donors (Lipinski definition) is 4. The van der Waals surface area contributed by atoms with Crippen molar-refractivity contribution in [3.8, 4) is 5.75 Å². The number of anilines is 1. The van der Waals surface area contributed by atoms with Crippen LogP contribution in [-0.4, -0.2) is 46.3 Å². The van der Waals surface area contributed by atoms with Crippen LogP contribution in [0, 0.1) is 0 Å². The fourth-order valence-corrected chi connectivity index (χ4v) is 2.40. The van der Waals surface area contributed by atoms with Gasteiger partial charge in [-0.15, -0.1) is 0 Å². The fraction of sp³-hybridized carbons (Fsp3) is 0.300. The summed E-state index contributed by atoms with van der Waals surface area (Å²) >= 11 is 0. The van der Waals surface area contributed by atoms with Crippen LogP contribution in [0.15, 0.2) is 47.6 Å². The number of nitrogens with one attached hydrogen (secondary N) is 1. The van der Waals surface area contributed by atoms with Gasteiger partial charge in [-0.1, -0.05) is 6.07 Å². The molecule has 154 valence electrons. The first kappa shape index (κ1) is 21.8. The van der Waals surface area contributed by atoms with Crippen molar-refractivity contribution >= 4 is 23.2 Å². The molecular weight excluding hydrogens is 374 g/mol. The van der Waals surface area contributed by atoms with E-state index in [4.69, 9.17) is 16.2 Å². The van der Waals surface area contributed by atoms with Crippen LogP contribution in [0.25, 0.3) is 0 Å². The van der Waals surface area contributed by atoms with E-state index in [-0.39, 0.29) is 12.3 Å². The summed E-state index contributed by atoms with van der Waals surface area (Å²) < 4.78 is 5.74. The summed E-state index contributed by atoms with van der Waals surface area (Å²) in [5, 5.41) is 11.9. The number of aliphatic hydroxyl groups excluding tert-OH is 1. The minimum absolute atomic E-state index is 0.00853. The number of amides is 2. The molecule has 0 aliphatic rings. The number of nitrogen functional groups attached to an aromatic ring is 1. The van der Waals surface area contributed by atoms with E-state index < -0.39 is 24.0 Å². The summed E-state index contributed by atoms with van der Waals surface area (Å²) in [7, 11) is 0. The number of carbonyl (C=O) groups excluding carboxylic acids is 2. The monoisotopic (exact) mass is 399 g/mol. The maximum atomic E-state index is 12.8. The number of nitrogens with zero attached hydrogens (tertiary/aromatic N) is 2. The summed E-state index contributed by atoms with van der Waals surface area (Å²) in [5.41, 5.74) is 11.1. The average Bonchev–Trinajstić information content (AvgIpc) is 2.72. The van der Waals surface area contributed by atoms with Crippen LogP contribution in [0.4, 0.5) is 5.69 Å². The molecule has 6 N–H and O–H groups in total. The van der Waals surface area contributed by atoms with Gasteiger partial charge in [-0.05, 0) is 44.2 Å². The first-order valence-corrected chi connectivity index (χ1v) is 9.01. The second-order valence-electron chi connectivity index (χ2n) is 6.49. The molecule has 1 heterocycles. The van der Waals surface area contributed by atoms with Crippen LogP contribution in [0.5, 0.6) is 5.75 Å². The van der Waals surface area contributed by atoms with Gasteiger partial charge in [-0.25, -0.2) is 0 Å². The molecule has 0 aliphatic carbocycles. The highest BCUT2D eigenvalue weighted by Crippen LogP contribution is 2.22. The lowest BCUT2D eigenvalue weighted by Gasteiger charge is -2.25. The Morgan fingerprint density at radius 2 is 2.07 bits per heavy atom. The predicted molar refractivity (Wildman–Crippen MR) is 109 cm³/mol. The van der Waals surface area contributed by atoms with E-state index in [0.717, 1.165) is 5.69 Å². The summed E-state index contributed by atoms with van der Waals surface area (Å²) in [6.07, 6.45) is 1.67. The smallest absolute Gasteiger partial charge is 0.271 e. The highest BCUT2D eigenvalue weighted by atomic mass is 16.5. The van der Waals surface area contributed by atoms with Crippen LogP contribution in [0.2, 0.25) is 0 Å². The van der Waals surface area contributed by atoms with Crippen molar-refractivity contribution in [3.63, 3.8) is 0 Å². The molecule has 2 amide bonds. The molecule has 0 saturated carbocycles. The predicted octanol–water partition coefficient (Wildman–Crippen LogP) is 0.404. The quantitative estimate of drug-likeness (QED) is 0.354. The Hall–Kier alpha value is -3.46. The number of ether oxygens (including phenoxy) is 1. The van der Waals surface area contributed by atoms with Gasteiger partial charge < -0.3 is 26.6 Å². The second-order valence-corrected chi connectivity index (χ2v) is 6.49. The van der Waals surface area contributed by atoms with Gasteiger partial charge in [0.25, 0.3) is 5.91 Å². The highest BCUT2D eigenvalue weighted by Gasteiger charge is 2.34. The van der Waals surface area contributed by atoms with E-state index in [0.29, 0.717) is 23.5 Å². The molecule has 0 fully saturated rings. The number of aliphatic imine (C=N–C) groups is 1. The van der Waals surface area contributed by atoms with Crippen molar-refractivity contribution in [2.75, 3.05) is 18.9 Å². The third kappa shape index (κ3) is 5.52. The molecule has 9 heteroatoms. The van der Waals surface area contributed by atoms with E-state index in [2.05, 4.69) is 15.3 Å². The van der Waals surface area contributed by atoms with Crippen molar-refractivity contribution in [3.05, 3.63) is 53.9 Å². The van der Waals surface area contributed by atoms with E-state index in [9.17, 15) is 14.7 Å². The number of nitrogens with two attached hydrogens (primary N) is 2. The minimum atomic E-state index is -1.63. The number of aromatic nitrogens is 1. The zero-order valence-corrected chi connectivity index (χ0v) is 16.4. The minimum Gasteiger partial charge on any atom is -0.487 e. The normalized spacial score (nSPS) is 13.4. The Morgan fingerprint density at radius 1 is 1.31 bits per heavy atom. The Kier molecular flexibility index (Phi) is 7.27. The lowest BCUT2D eigenvalue weighted by molar-refractivity contribution is -0.129. The number of aliphatic hydroxyl groups is 1. The molecule has 0 aliphatic heterocycles. The lowest BCUT2D eigenvalue weighted by Crippen LogP contribution is -2.59. The molecule has 2 aromatic rings. The van der Waals surface area contributed by atoms with Crippen molar-refractivity contribution in [2.45, 2.75) is 26.0 Å². The summed E-state index contributed by atoms with van der Waals surface area (Å²) in [4.78, 5) is 32.8. The van der Waals surface area contributed by atoms with Gasteiger partial charge >= 0.3 is 0 Å². The number of benzene rings is 1. The van der Waals surface area contributed by atoms with Gasteiger partial charge in [0, 0.05) is 24.0 Å². The Labute approximate surface area is 168 Å². The van der Waals surface area contributed by atoms with Crippen LogP contribution in [-0.2, 0) is 16.2 Å². The summed E-state index contributed by atoms with van der Waals surface area (Å²) in [6.45, 7) is 2.96. The number of pyridine rings is 1. The Morgan fingerprint density at radius 3 is 2.66 bits per heavy atom. The molecular formula is C20H25N5O4. The first-order chi connectivity index (χ1) is 13.8. The van der Waals surface area contributed by atoms with E-state index in [1.165, 1.54) is 6.92 Å². The van der Waals surface area contributed by atoms with Crippen molar-refractivity contribution in [2.24, 2.45) is 10.7 Å². The SMILES string of the molecule is CCN=C(C(=O)NC(C)(CO)C(N)=O)c1cc(OCc2ccccn2)ccc1N. The number of carbonyl (C=O) groups is 2. The second kappa shape index (κ2) is 9.65. The first-order valence-electron chi connectivity index (χ1n) is 9.01. The van der Waals surface area contributed by atoms with E-state index >= 15 is 0 Å². The Bertz CT molecular complexity index is 901. The van der Waals surface area contributed by atoms with Crippen LogP contribution >= 0.6 is 0 Å². The Balaban J connectivity index is 2.29. The largest absolute Gasteiger partial charge is 0.487 e. The molecule has 1 aromatic heterocycles. The lowest BCUT2D eigenvalue weighted by atomic mass is 10.0. The van der Waals surface area contributed by atoms with Crippen molar-refractivity contribution < 1.29 is 19.4 Å². The van der Waals surface area contributed by atoms with Crippen molar-refractivity contribution in [1.29, 1.82) is 0 Å². The maximum absolute atomic E-state index is 12.8. The molecule has 0 bridgehead atoms. The average molecular weight is 399 g/mol. The number of primary amides is 1. The van der Waals surface area contributed by atoms with Gasteiger partial charge in [0.15, 0.2) is 0 Å². The zero-order chi connectivity index (χ0) is 21.4. The maximum Gasteiger partial charge on any atom is 0.271 e. The zero-order valence-electron chi connectivity index (χ0n) is 16.4. The third-order valence-corrected chi connectivity index (χ3v) is 4.17. The molecule has 9 nitrogen and oxygen atoms in total. The van der Waals surface area contributed by atoms with E-state index in [1.807, 2.05) is 18.2 Å². The number of hydrogen-bond acceptors (Lipinski definition) is 7. The molecule has 0 spiro atoms. The van der Waals surface area contributed by atoms with E-state index in [1.54, 1.807) is 31.3 Å². The molecule has 2 rings (SSSR count). The molecule has 1 unspecified atom stereocenters. The molecule has 29 heavy (non-hydrogen) atoms. The third-order valence-electron chi connectivity index (χ3n) is 4.17. The van der Waals surface area contributed by atoms with Gasteiger partial charge in [0.05, 0.1) is 12.3 Å². The molecule has 0 radical (unpaired) electrons. The van der Waals surface area contributed by atoms with Gasteiger partial charge in [-0.2, -0.15) is 0 Å². The summed E-state index contributed by atoms with van der Waals surface area (Å²) in [6, 6.07) is 10.4. The van der Waals surface area contributed by atoms with Crippen LogP contribution < -0.4 is 21.5 Å². The highest BCUT2D eigenvalue weighted by molar-refractivity contribution is 6.46. The fourth-order valence-electron chi connectivity index (χ4n) is 2.40.